The van der Waals surface area contributed by atoms with E-state index in [4.69, 9.17) is 0 Å². The van der Waals surface area contributed by atoms with Gasteiger partial charge in [-0.25, -0.2) is 0 Å². The number of hydrogen-bond donors (Lipinski definition) is 0. The summed E-state index contributed by atoms with van der Waals surface area (Å²) in [5.41, 5.74) is 0. The van der Waals surface area contributed by atoms with Gasteiger partial charge in [-0.1, -0.05) is 6.92 Å². The molecule has 0 N–H and O–H groups in total. The fraction of sp³-hybridized carbons (Fsp3) is 1.00. The van der Waals surface area contributed by atoms with E-state index in [0.29, 0.717) is 5.25 Å². The molecule has 1 aliphatic heterocycles. The van der Waals surface area contributed by atoms with Crippen LogP contribution in [0.15, 0.2) is 0 Å². The Kier molecular flexibility index (Phi) is 1.47. The summed E-state index contributed by atoms with van der Waals surface area (Å²) in [4.78, 5) is 0. The fourth-order valence-corrected chi connectivity index (χ4v) is 2.13. The first-order valence-corrected chi connectivity index (χ1v) is 4.06. The van der Waals surface area contributed by atoms with E-state index in [2.05, 4.69) is 6.92 Å². The lowest BCUT2D eigenvalue weighted by Gasteiger charge is -1.92. The van der Waals surface area contributed by atoms with E-state index in [1.807, 2.05) is 0 Å². The molecule has 0 aromatic rings. The smallest absolute Gasteiger partial charge is 0.0320 e. The molecule has 0 saturated carbocycles. The standard InChI is InChI=1S/C5H10OS/c1-5-3-2-4-7(5)6/h5H,2-4H2,1H3/t5-,7-/m0/s1. The van der Waals surface area contributed by atoms with Crippen LogP contribution in [-0.2, 0) is 10.8 Å². The van der Waals surface area contributed by atoms with Crippen LogP contribution in [0, 0.1) is 0 Å². The molecule has 1 rings (SSSR count). The third kappa shape index (κ3) is 1.03. The molecule has 0 aliphatic carbocycles. The van der Waals surface area contributed by atoms with E-state index in [1.165, 1.54) is 12.8 Å². The van der Waals surface area contributed by atoms with Crippen molar-refractivity contribution in [1.29, 1.82) is 0 Å². The second-order valence-electron chi connectivity index (χ2n) is 2.04. The molecule has 1 heterocycles. The summed E-state index contributed by atoms with van der Waals surface area (Å²) in [6, 6.07) is 0. The highest BCUT2D eigenvalue weighted by molar-refractivity contribution is 7.85. The second-order valence-corrected chi connectivity index (χ2v) is 4.01. The van der Waals surface area contributed by atoms with Crippen molar-refractivity contribution < 1.29 is 4.21 Å². The van der Waals surface area contributed by atoms with Gasteiger partial charge in [0, 0.05) is 21.8 Å². The minimum Gasteiger partial charge on any atom is -0.259 e. The highest BCUT2D eigenvalue weighted by Crippen LogP contribution is 2.13. The lowest BCUT2D eigenvalue weighted by molar-refractivity contribution is 0.680. The van der Waals surface area contributed by atoms with Gasteiger partial charge in [0.1, 0.15) is 0 Å². The molecule has 1 fully saturated rings. The third-order valence-electron chi connectivity index (χ3n) is 1.40. The Balaban J connectivity index is 2.48. The maximum atomic E-state index is 10.7. The monoisotopic (exact) mass is 118 g/mol. The predicted molar refractivity (Wildman–Crippen MR) is 31.7 cm³/mol. The lowest BCUT2D eigenvalue weighted by Crippen LogP contribution is -2.00. The zero-order valence-electron chi connectivity index (χ0n) is 4.52. The SMILES string of the molecule is C[C@H]1CCC[S@@]1=O. The van der Waals surface area contributed by atoms with Crippen LogP contribution in [0.1, 0.15) is 19.8 Å². The van der Waals surface area contributed by atoms with Crippen LogP contribution in [0.2, 0.25) is 0 Å². The van der Waals surface area contributed by atoms with Gasteiger partial charge in [-0.15, -0.1) is 0 Å². The van der Waals surface area contributed by atoms with Crippen molar-refractivity contribution in [3.8, 4) is 0 Å². The van der Waals surface area contributed by atoms with Gasteiger partial charge in [0.25, 0.3) is 0 Å². The van der Waals surface area contributed by atoms with Gasteiger partial charge in [-0.3, -0.25) is 4.21 Å². The molecule has 7 heavy (non-hydrogen) atoms. The van der Waals surface area contributed by atoms with Gasteiger partial charge in [-0.2, -0.15) is 0 Å². The first-order chi connectivity index (χ1) is 3.30. The van der Waals surface area contributed by atoms with E-state index in [0.717, 1.165) is 5.75 Å². The molecule has 0 spiro atoms. The Labute approximate surface area is 46.6 Å². The van der Waals surface area contributed by atoms with E-state index in [1.54, 1.807) is 0 Å². The largest absolute Gasteiger partial charge is 0.259 e. The highest BCUT2D eigenvalue weighted by Gasteiger charge is 2.16. The molecule has 1 nitrogen and oxygen atoms in total. The van der Waals surface area contributed by atoms with E-state index >= 15 is 0 Å². The minimum absolute atomic E-state index is 0.468. The molecule has 0 aromatic carbocycles. The van der Waals surface area contributed by atoms with Crippen molar-refractivity contribution in [3.63, 3.8) is 0 Å². The minimum atomic E-state index is -0.468. The molecular formula is C5H10OS. The summed E-state index contributed by atoms with van der Waals surface area (Å²) >= 11 is 0. The zero-order chi connectivity index (χ0) is 5.28. The van der Waals surface area contributed by atoms with Crippen molar-refractivity contribution in [2.45, 2.75) is 25.0 Å². The van der Waals surface area contributed by atoms with Crippen molar-refractivity contribution in [2.24, 2.45) is 0 Å². The summed E-state index contributed by atoms with van der Waals surface area (Å²) in [5.74, 6) is 0.946. The number of rotatable bonds is 0. The van der Waals surface area contributed by atoms with Gasteiger partial charge in [0.15, 0.2) is 0 Å². The van der Waals surface area contributed by atoms with E-state index in [-0.39, 0.29) is 0 Å². The summed E-state index contributed by atoms with van der Waals surface area (Å²) in [6.45, 7) is 2.06. The molecule has 2 heteroatoms. The van der Waals surface area contributed by atoms with Crippen LogP contribution in [-0.4, -0.2) is 15.2 Å². The first kappa shape index (κ1) is 5.29. The van der Waals surface area contributed by atoms with Crippen LogP contribution in [0.25, 0.3) is 0 Å². The molecule has 0 amide bonds. The maximum absolute atomic E-state index is 10.7. The molecule has 1 saturated heterocycles. The Bertz CT molecular complexity index is 90.1. The number of hydrogen-bond acceptors (Lipinski definition) is 1. The third-order valence-corrected chi connectivity index (χ3v) is 3.23. The van der Waals surface area contributed by atoms with Crippen molar-refractivity contribution in [1.82, 2.24) is 0 Å². The normalized spacial score (nSPS) is 41.9. The fourth-order valence-electron chi connectivity index (χ4n) is 0.846. The summed E-state index contributed by atoms with van der Waals surface area (Å²) in [6.07, 6.45) is 2.35. The predicted octanol–water partition coefficient (Wildman–Crippen LogP) is 0.917. The van der Waals surface area contributed by atoms with Gasteiger partial charge >= 0.3 is 0 Å². The van der Waals surface area contributed by atoms with Gasteiger partial charge < -0.3 is 0 Å². The molecule has 2 atom stereocenters. The zero-order valence-corrected chi connectivity index (χ0v) is 5.33. The van der Waals surface area contributed by atoms with E-state index in [9.17, 15) is 4.21 Å². The molecular weight excluding hydrogens is 108 g/mol. The molecule has 0 radical (unpaired) electrons. The Hall–Kier alpha value is 0.150. The highest BCUT2D eigenvalue weighted by atomic mass is 32.2. The van der Waals surface area contributed by atoms with Crippen LogP contribution in [0.3, 0.4) is 0 Å². The van der Waals surface area contributed by atoms with Gasteiger partial charge in [0.2, 0.25) is 0 Å². The summed E-state index contributed by atoms with van der Waals surface area (Å²) in [7, 11) is -0.468. The van der Waals surface area contributed by atoms with Crippen molar-refractivity contribution >= 4 is 10.8 Å². The Morgan fingerprint density at radius 1 is 1.71 bits per heavy atom. The lowest BCUT2D eigenvalue weighted by atomic mass is 10.3. The first-order valence-electron chi connectivity index (χ1n) is 2.68. The van der Waals surface area contributed by atoms with Crippen molar-refractivity contribution in [3.05, 3.63) is 0 Å². The molecule has 1 aliphatic rings. The van der Waals surface area contributed by atoms with Crippen molar-refractivity contribution in [2.75, 3.05) is 5.75 Å². The van der Waals surface area contributed by atoms with Gasteiger partial charge in [0.05, 0.1) is 0 Å². The van der Waals surface area contributed by atoms with Crippen LogP contribution in [0.5, 0.6) is 0 Å². The molecule has 42 valence electrons. The molecule has 0 unspecified atom stereocenters. The maximum Gasteiger partial charge on any atom is 0.0320 e. The summed E-state index contributed by atoms with van der Waals surface area (Å²) in [5, 5.41) is 0.486. The average Bonchev–Trinajstić information content (AvgIpc) is 1.91. The molecule has 0 aromatic heterocycles. The van der Waals surface area contributed by atoms with Gasteiger partial charge in [-0.05, 0) is 12.8 Å². The Morgan fingerprint density at radius 2 is 2.43 bits per heavy atom. The quantitative estimate of drug-likeness (QED) is 0.462. The van der Waals surface area contributed by atoms with E-state index < -0.39 is 10.8 Å². The second kappa shape index (κ2) is 1.95. The van der Waals surface area contributed by atoms with Crippen LogP contribution >= 0.6 is 0 Å². The van der Waals surface area contributed by atoms with Crippen LogP contribution < -0.4 is 0 Å². The topological polar surface area (TPSA) is 17.1 Å². The summed E-state index contributed by atoms with van der Waals surface area (Å²) < 4.78 is 10.7. The molecule has 0 bridgehead atoms. The average molecular weight is 118 g/mol. The Morgan fingerprint density at radius 3 is 2.57 bits per heavy atom. The van der Waals surface area contributed by atoms with Crippen LogP contribution in [0.4, 0.5) is 0 Å².